The molecule has 2 heteroatoms. The van der Waals surface area contributed by atoms with Crippen LogP contribution in [-0.2, 0) is 0 Å². The molecule has 1 saturated carbocycles. The Morgan fingerprint density at radius 2 is 1.90 bits per heavy atom. The topological polar surface area (TPSA) is 20.2 Å². The standard InChI is InChI=1S/C18H19ClO/c1-12-8-16(11-17(19)9-12)18(20)15-7-3-6-14(10-15)13-4-2-5-13/h3,6-11,13,18,20H,2,4-5H2,1H3. The molecule has 104 valence electrons. The molecular weight excluding hydrogens is 268 g/mol. The van der Waals surface area contributed by atoms with Gasteiger partial charge in [0, 0.05) is 5.02 Å². The van der Waals surface area contributed by atoms with Crippen LogP contribution in [0.25, 0.3) is 0 Å². The highest BCUT2D eigenvalue weighted by Crippen LogP contribution is 2.37. The van der Waals surface area contributed by atoms with Crippen molar-refractivity contribution in [3.63, 3.8) is 0 Å². The smallest absolute Gasteiger partial charge is 0.104 e. The molecule has 1 atom stereocenters. The first kappa shape index (κ1) is 13.7. The normalized spacial score (nSPS) is 16.8. The Bertz CT molecular complexity index is 596. The summed E-state index contributed by atoms with van der Waals surface area (Å²) in [6, 6.07) is 14.1. The average molecular weight is 287 g/mol. The summed E-state index contributed by atoms with van der Waals surface area (Å²) in [7, 11) is 0. The van der Waals surface area contributed by atoms with E-state index in [1.165, 1.54) is 24.8 Å². The maximum atomic E-state index is 10.6. The van der Waals surface area contributed by atoms with Gasteiger partial charge in [0.25, 0.3) is 0 Å². The predicted octanol–water partition coefficient (Wildman–Crippen LogP) is 5.00. The van der Waals surface area contributed by atoms with Gasteiger partial charge in [-0.05, 0) is 60.1 Å². The highest BCUT2D eigenvalue weighted by atomic mass is 35.5. The lowest BCUT2D eigenvalue weighted by Gasteiger charge is -2.26. The first-order chi connectivity index (χ1) is 9.63. The summed E-state index contributed by atoms with van der Waals surface area (Å²) in [4.78, 5) is 0. The molecule has 1 aliphatic carbocycles. The van der Waals surface area contributed by atoms with E-state index in [1.54, 1.807) is 0 Å². The minimum atomic E-state index is -0.604. The van der Waals surface area contributed by atoms with Crippen LogP contribution in [0, 0.1) is 6.92 Å². The first-order valence-electron chi connectivity index (χ1n) is 7.18. The summed E-state index contributed by atoms with van der Waals surface area (Å²) in [5, 5.41) is 11.3. The van der Waals surface area contributed by atoms with Gasteiger partial charge < -0.3 is 5.11 Å². The van der Waals surface area contributed by atoms with E-state index >= 15 is 0 Å². The molecule has 1 N–H and O–H groups in total. The summed E-state index contributed by atoms with van der Waals surface area (Å²) < 4.78 is 0. The molecule has 3 rings (SSSR count). The molecule has 0 aliphatic heterocycles. The van der Waals surface area contributed by atoms with Crippen molar-refractivity contribution >= 4 is 11.6 Å². The molecule has 0 bridgehead atoms. The van der Waals surface area contributed by atoms with Crippen molar-refractivity contribution in [1.29, 1.82) is 0 Å². The molecule has 0 amide bonds. The van der Waals surface area contributed by atoms with E-state index in [-0.39, 0.29) is 0 Å². The number of hydrogen-bond acceptors (Lipinski definition) is 1. The summed E-state index contributed by atoms with van der Waals surface area (Å²) in [6.07, 6.45) is 3.27. The Kier molecular flexibility index (Phi) is 3.82. The minimum absolute atomic E-state index is 0.604. The monoisotopic (exact) mass is 286 g/mol. The van der Waals surface area contributed by atoms with Gasteiger partial charge in [-0.3, -0.25) is 0 Å². The molecule has 1 fully saturated rings. The van der Waals surface area contributed by atoms with E-state index in [0.717, 1.165) is 16.7 Å². The highest BCUT2D eigenvalue weighted by molar-refractivity contribution is 6.30. The summed E-state index contributed by atoms with van der Waals surface area (Å²) in [5.74, 6) is 0.684. The summed E-state index contributed by atoms with van der Waals surface area (Å²) in [6.45, 7) is 1.99. The number of aliphatic hydroxyl groups is 1. The van der Waals surface area contributed by atoms with Crippen LogP contribution in [0.1, 0.15) is 53.5 Å². The van der Waals surface area contributed by atoms with E-state index in [4.69, 9.17) is 11.6 Å². The van der Waals surface area contributed by atoms with Crippen LogP contribution in [-0.4, -0.2) is 5.11 Å². The van der Waals surface area contributed by atoms with Crippen LogP contribution in [0.5, 0.6) is 0 Å². The van der Waals surface area contributed by atoms with Crippen molar-refractivity contribution in [2.24, 2.45) is 0 Å². The molecule has 2 aromatic rings. The zero-order valence-corrected chi connectivity index (χ0v) is 12.4. The molecule has 0 spiro atoms. The van der Waals surface area contributed by atoms with Crippen molar-refractivity contribution in [1.82, 2.24) is 0 Å². The summed E-state index contributed by atoms with van der Waals surface area (Å²) >= 11 is 6.08. The van der Waals surface area contributed by atoms with Gasteiger partial charge in [-0.1, -0.05) is 48.4 Å². The molecular formula is C18H19ClO. The Morgan fingerprint density at radius 1 is 1.10 bits per heavy atom. The maximum Gasteiger partial charge on any atom is 0.104 e. The number of benzene rings is 2. The minimum Gasteiger partial charge on any atom is -0.384 e. The third kappa shape index (κ3) is 2.74. The number of halogens is 1. The van der Waals surface area contributed by atoms with Gasteiger partial charge in [0.2, 0.25) is 0 Å². The van der Waals surface area contributed by atoms with E-state index in [9.17, 15) is 5.11 Å². The Hall–Kier alpha value is -1.31. The second-order valence-electron chi connectivity index (χ2n) is 5.76. The van der Waals surface area contributed by atoms with Gasteiger partial charge in [0.1, 0.15) is 6.10 Å². The number of aliphatic hydroxyl groups excluding tert-OH is 1. The Balaban J connectivity index is 1.91. The fourth-order valence-electron chi connectivity index (χ4n) is 2.84. The van der Waals surface area contributed by atoms with Crippen molar-refractivity contribution in [3.8, 4) is 0 Å². The van der Waals surface area contributed by atoms with E-state index in [1.807, 2.05) is 37.3 Å². The van der Waals surface area contributed by atoms with Gasteiger partial charge >= 0.3 is 0 Å². The lowest BCUT2D eigenvalue weighted by atomic mass is 9.79. The van der Waals surface area contributed by atoms with E-state index in [0.29, 0.717) is 10.9 Å². The van der Waals surface area contributed by atoms with Gasteiger partial charge in [-0.25, -0.2) is 0 Å². The second kappa shape index (κ2) is 5.59. The molecule has 2 aromatic carbocycles. The van der Waals surface area contributed by atoms with Gasteiger partial charge in [0.15, 0.2) is 0 Å². The summed E-state index contributed by atoms with van der Waals surface area (Å²) in [5.41, 5.74) is 4.24. The quantitative estimate of drug-likeness (QED) is 0.842. The second-order valence-corrected chi connectivity index (χ2v) is 6.20. The molecule has 1 aliphatic rings. The Labute approximate surface area is 125 Å². The number of hydrogen-bond donors (Lipinski definition) is 1. The van der Waals surface area contributed by atoms with Crippen LogP contribution in [0.2, 0.25) is 5.02 Å². The van der Waals surface area contributed by atoms with E-state index < -0.39 is 6.10 Å². The molecule has 1 nitrogen and oxygen atoms in total. The van der Waals surface area contributed by atoms with Gasteiger partial charge in [-0.2, -0.15) is 0 Å². The van der Waals surface area contributed by atoms with Crippen molar-refractivity contribution in [2.45, 2.75) is 38.2 Å². The molecule has 1 unspecified atom stereocenters. The zero-order valence-electron chi connectivity index (χ0n) is 11.6. The lowest BCUT2D eigenvalue weighted by Crippen LogP contribution is -2.09. The lowest BCUT2D eigenvalue weighted by molar-refractivity contribution is 0.220. The zero-order chi connectivity index (χ0) is 14.1. The van der Waals surface area contributed by atoms with Crippen LogP contribution < -0.4 is 0 Å². The molecule has 0 radical (unpaired) electrons. The van der Waals surface area contributed by atoms with E-state index in [2.05, 4.69) is 12.1 Å². The molecule has 0 aromatic heterocycles. The van der Waals surface area contributed by atoms with Crippen LogP contribution in [0.3, 0.4) is 0 Å². The van der Waals surface area contributed by atoms with Gasteiger partial charge in [0.05, 0.1) is 0 Å². The predicted molar refractivity (Wildman–Crippen MR) is 83.3 cm³/mol. The first-order valence-corrected chi connectivity index (χ1v) is 7.56. The van der Waals surface area contributed by atoms with Crippen LogP contribution >= 0.6 is 11.6 Å². The SMILES string of the molecule is Cc1cc(Cl)cc(C(O)c2cccc(C3CCC3)c2)c1. The van der Waals surface area contributed by atoms with Crippen molar-refractivity contribution in [2.75, 3.05) is 0 Å². The third-order valence-corrected chi connectivity index (χ3v) is 4.40. The molecule has 0 saturated heterocycles. The van der Waals surface area contributed by atoms with Crippen molar-refractivity contribution < 1.29 is 5.11 Å². The van der Waals surface area contributed by atoms with Crippen molar-refractivity contribution in [3.05, 3.63) is 69.7 Å². The molecule has 0 heterocycles. The third-order valence-electron chi connectivity index (χ3n) is 4.18. The largest absolute Gasteiger partial charge is 0.384 e. The fourth-order valence-corrected chi connectivity index (χ4v) is 3.14. The van der Waals surface area contributed by atoms with Gasteiger partial charge in [-0.15, -0.1) is 0 Å². The van der Waals surface area contributed by atoms with Crippen LogP contribution in [0.4, 0.5) is 0 Å². The average Bonchev–Trinajstić information content (AvgIpc) is 2.35. The maximum absolute atomic E-state index is 10.6. The highest BCUT2D eigenvalue weighted by Gasteiger charge is 2.20. The Morgan fingerprint density at radius 3 is 2.55 bits per heavy atom. The number of rotatable bonds is 3. The molecule has 20 heavy (non-hydrogen) atoms. The number of aryl methyl sites for hydroxylation is 1. The van der Waals surface area contributed by atoms with Crippen LogP contribution in [0.15, 0.2) is 42.5 Å². The fraction of sp³-hybridized carbons (Fsp3) is 0.333.